The van der Waals surface area contributed by atoms with Crippen molar-refractivity contribution in [2.75, 3.05) is 0 Å². The van der Waals surface area contributed by atoms with Crippen LogP contribution in [0.3, 0.4) is 0 Å². The third-order valence-corrected chi connectivity index (χ3v) is 3.48. The number of para-hydroxylation sites is 2. The molecule has 19 heavy (non-hydrogen) atoms. The molecule has 1 aromatic heterocycles. The lowest BCUT2D eigenvalue weighted by atomic mass is 10.1. The monoisotopic (exact) mass is 268 g/mol. The Morgan fingerprint density at radius 3 is 2.42 bits per heavy atom. The topological polar surface area (TPSA) is 25.8 Å². The van der Waals surface area contributed by atoms with Gasteiger partial charge in [0.1, 0.15) is 0 Å². The number of benzene rings is 2. The van der Waals surface area contributed by atoms with Crippen LogP contribution >= 0.6 is 11.6 Å². The van der Waals surface area contributed by atoms with Gasteiger partial charge in [0.25, 0.3) is 0 Å². The molecule has 0 fully saturated rings. The number of hydrogen-bond donors (Lipinski definition) is 0. The normalized spacial score (nSPS) is 10.8. The van der Waals surface area contributed by atoms with Crippen LogP contribution in [0.5, 0.6) is 0 Å². The fourth-order valence-corrected chi connectivity index (χ4v) is 2.31. The van der Waals surface area contributed by atoms with Crippen LogP contribution in [0, 0.1) is 0 Å². The SMILES string of the molecule is Clc1ccccc1CCc1cnc2ccccc2n1. The summed E-state index contributed by atoms with van der Waals surface area (Å²) in [5.74, 6) is 0. The minimum Gasteiger partial charge on any atom is -0.253 e. The Labute approximate surface area is 117 Å². The van der Waals surface area contributed by atoms with Crippen molar-refractivity contribution < 1.29 is 0 Å². The van der Waals surface area contributed by atoms with E-state index in [0.717, 1.165) is 40.2 Å². The van der Waals surface area contributed by atoms with E-state index in [1.165, 1.54) is 0 Å². The van der Waals surface area contributed by atoms with E-state index in [4.69, 9.17) is 11.6 Å². The highest BCUT2D eigenvalue weighted by Gasteiger charge is 2.02. The molecular formula is C16H13ClN2. The molecular weight excluding hydrogens is 256 g/mol. The second kappa shape index (κ2) is 5.37. The highest BCUT2D eigenvalue weighted by atomic mass is 35.5. The second-order valence-electron chi connectivity index (χ2n) is 4.44. The first-order valence-electron chi connectivity index (χ1n) is 6.27. The van der Waals surface area contributed by atoms with E-state index in [9.17, 15) is 0 Å². The number of aromatic nitrogens is 2. The van der Waals surface area contributed by atoms with Gasteiger partial charge < -0.3 is 0 Å². The summed E-state index contributed by atoms with van der Waals surface area (Å²) >= 11 is 6.15. The van der Waals surface area contributed by atoms with Crippen molar-refractivity contribution in [1.29, 1.82) is 0 Å². The number of nitrogens with zero attached hydrogens (tertiary/aromatic N) is 2. The maximum atomic E-state index is 6.15. The first-order valence-corrected chi connectivity index (χ1v) is 6.65. The largest absolute Gasteiger partial charge is 0.253 e. The molecule has 0 amide bonds. The minimum atomic E-state index is 0.816. The van der Waals surface area contributed by atoms with Crippen molar-refractivity contribution >= 4 is 22.6 Å². The minimum absolute atomic E-state index is 0.816. The molecule has 3 rings (SSSR count). The van der Waals surface area contributed by atoms with Crippen molar-refractivity contribution in [3.8, 4) is 0 Å². The lowest BCUT2D eigenvalue weighted by Crippen LogP contribution is -1.97. The molecule has 0 atom stereocenters. The molecule has 3 aromatic rings. The molecule has 0 spiro atoms. The molecule has 2 nitrogen and oxygen atoms in total. The zero-order chi connectivity index (χ0) is 13.1. The van der Waals surface area contributed by atoms with Gasteiger partial charge >= 0.3 is 0 Å². The van der Waals surface area contributed by atoms with Crippen LogP contribution in [0.2, 0.25) is 5.02 Å². The standard InChI is InChI=1S/C16H13ClN2/c17-14-6-2-1-5-12(14)9-10-13-11-18-15-7-3-4-8-16(15)19-13/h1-8,11H,9-10H2. The zero-order valence-corrected chi connectivity index (χ0v) is 11.1. The lowest BCUT2D eigenvalue weighted by Gasteiger charge is -2.04. The predicted molar refractivity (Wildman–Crippen MR) is 78.4 cm³/mol. The first kappa shape index (κ1) is 12.1. The summed E-state index contributed by atoms with van der Waals surface area (Å²) in [4.78, 5) is 9.03. The zero-order valence-electron chi connectivity index (χ0n) is 10.4. The van der Waals surface area contributed by atoms with E-state index in [1.807, 2.05) is 48.7 Å². The van der Waals surface area contributed by atoms with E-state index >= 15 is 0 Å². The first-order chi connectivity index (χ1) is 9.33. The van der Waals surface area contributed by atoms with E-state index < -0.39 is 0 Å². The van der Waals surface area contributed by atoms with Crippen LogP contribution in [0.25, 0.3) is 11.0 Å². The van der Waals surface area contributed by atoms with E-state index in [2.05, 4.69) is 16.0 Å². The third kappa shape index (κ3) is 2.74. The van der Waals surface area contributed by atoms with Crippen molar-refractivity contribution in [2.45, 2.75) is 12.8 Å². The molecule has 0 radical (unpaired) electrons. The smallest absolute Gasteiger partial charge is 0.0890 e. The van der Waals surface area contributed by atoms with Crippen LogP contribution in [0.4, 0.5) is 0 Å². The third-order valence-electron chi connectivity index (χ3n) is 3.11. The highest BCUT2D eigenvalue weighted by molar-refractivity contribution is 6.31. The summed E-state index contributed by atoms with van der Waals surface area (Å²) < 4.78 is 0. The summed E-state index contributed by atoms with van der Waals surface area (Å²) in [5.41, 5.74) is 4.03. The molecule has 2 aromatic carbocycles. The maximum absolute atomic E-state index is 6.15. The molecule has 3 heteroatoms. The average molecular weight is 269 g/mol. The fourth-order valence-electron chi connectivity index (χ4n) is 2.08. The van der Waals surface area contributed by atoms with Crippen LogP contribution in [0.1, 0.15) is 11.3 Å². The lowest BCUT2D eigenvalue weighted by molar-refractivity contribution is 0.912. The molecule has 0 unspecified atom stereocenters. The predicted octanol–water partition coefficient (Wildman–Crippen LogP) is 4.07. The van der Waals surface area contributed by atoms with Gasteiger partial charge in [-0.2, -0.15) is 0 Å². The van der Waals surface area contributed by atoms with Gasteiger partial charge in [-0.05, 0) is 36.6 Å². The quantitative estimate of drug-likeness (QED) is 0.716. The Kier molecular flexibility index (Phi) is 3.43. The Hall–Kier alpha value is -1.93. The Morgan fingerprint density at radius 2 is 1.58 bits per heavy atom. The van der Waals surface area contributed by atoms with Crippen LogP contribution in [-0.4, -0.2) is 9.97 Å². The molecule has 0 aliphatic heterocycles. The van der Waals surface area contributed by atoms with Crippen LogP contribution < -0.4 is 0 Å². The molecule has 94 valence electrons. The van der Waals surface area contributed by atoms with E-state index in [-0.39, 0.29) is 0 Å². The Bertz CT molecular complexity index is 710. The number of fused-ring (bicyclic) bond motifs is 1. The van der Waals surface area contributed by atoms with E-state index in [0.29, 0.717) is 0 Å². The fraction of sp³-hybridized carbons (Fsp3) is 0.125. The number of aryl methyl sites for hydroxylation is 2. The summed E-state index contributed by atoms with van der Waals surface area (Å²) in [6.07, 6.45) is 3.58. The molecule has 0 N–H and O–H groups in total. The molecule has 0 aliphatic carbocycles. The summed E-state index contributed by atoms with van der Waals surface area (Å²) in [6.45, 7) is 0. The Morgan fingerprint density at radius 1 is 0.842 bits per heavy atom. The molecule has 0 saturated carbocycles. The van der Waals surface area contributed by atoms with Gasteiger partial charge in [-0.3, -0.25) is 4.98 Å². The van der Waals surface area contributed by atoms with Gasteiger partial charge in [0.2, 0.25) is 0 Å². The van der Waals surface area contributed by atoms with Gasteiger partial charge in [-0.25, -0.2) is 4.98 Å². The average Bonchev–Trinajstić information content (AvgIpc) is 2.46. The van der Waals surface area contributed by atoms with Gasteiger partial charge in [0, 0.05) is 11.2 Å². The Balaban J connectivity index is 1.80. The van der Waals surface area contributed by atoms with Crippen molar-refractivity contribution in [2.24, 2.45) is 0 Å². The van der Waals surface area contributed by atoms with Gasteiger partial charge in [0.05, 0.1) is 16.7 Å². The molecule has 0 aliphatic rings. The maximum Gasteiger partial charge on any atom is 0.0890 e. The molecule has 0 bridgehead atoms. The highest BCUT2D eigenvalue weighted by Crippen LogP contribution is 2.17. The van der Waals surface area contributed by atoms with Crippen molar-refractivity contribution in [1.82, 2.24) is 9.97 Å². The summed E-state index contributed by atoms with van der Waals surface area (Å²) in [7, 11) is 0. The van der Waals surface area contributed by atoms with E-state index in [1.54, 1.807) is 0 Å². The second-order valence-corrected chi connectivity index (χ2v) is 4.85. The summed E-state index contributed by atoms with van der Waals surface area (Å²) in [6, 6.07) is 15.8. The molecule has 0 saturated heterocycles. The molecule has 1 heterocycles. The number of hydrogen-bond acceptors (Lipinski definition) is 2. The van der Waals surface area contributed by atoms with Crippen molar-refractivity contribution in [3.05, 3.63) is 71.0 Å². The van der Waals surface area contributed by atoms with Crippen LogP contribution in [0.15, 0.2) is 54.7 Å². The number of rotatable bonds is 3. The van der Waals surface area contributed by atoms with Gasteiger partial charge in [0.15, 0.2) is 0 Å². The van der Waals surface area contributed by atoms with Gasteiger partial charge in [-0.1, -0.05) is 41.9 Å². The summed E-state index contributed by atoms with van der Waals surface area (Å²) in [5, 5.41) is 0.816. The van der Waals surface area contributed by atoms with Gasteiger partial charge in [-0.15, -0.1) is 0 Å². The van der Waals surface area contributed by atoms with Crippen LogP contribution in [-0.2, 0) is 12.8 Å². The number of halogens is 1. The van der Waals surface area contributed by atoms with Crippen molar-refractivity contribution in [3.63, 3.8) is 0 Å².